The van der Waals surface area contributed by atoms with Crippen LogP contribution < -0.4 is 20.8 Å². The fourth-order valence-corrected chi connectivity index (χ4v) is 3.64. The summed E-state index contributed by atoms with van der Waals surface area (Å²) >= 11 is 5.24. The molecule has 3 N–H and O–H groups in total. The minimum Gasteiger partial charge on any atom is -0.483 e. The van der Waals surface area contributed by atoms with E-state index in [0.717, 1.165) is 12.1 Å². The van der Waals surface area contributed by atoms with Gasteiger partial charge in [0.25, 0.3) is 5.91 Å². The predicted octanol–water partition coefficient (Wildman–Crippen LogP) is 3.59. The van der Waals surface area contributed by atoms with E-state index in [1.807, 2.05) is 0 Å². The van der Waals surface area contributed by atoms with Crippen LogP contribution in [0.15, 0.2) is 64.9 Å². The number of rotatable bonds is 8. The van der Waals surface area contributed by atoms with Crippen molar-refractivity contribution in [2.75, 3.05) is 13.2 Å². The zero-order chi connectivity index (χ0) is 26.3. The monoisotopic (exact) mass is 520 g/mol. The summed E-state index contributed by atoms with van der Waals surface area (Å²) in [6.45, 7) is 3.19. The molecular formula is C24H23F3N4O4S. The number of nitrogens with one attached hydrogen (secondary N) is 3. The van der Waals surface area contributed by atoms with E-state index in [-0.39, 0.29) is 6.61 Å². The predicted molar refractivity (Wildman–Crippen MR) is 130 cm³/mol. The Morgan fingerprint density at radius 3 is 2.53 bits per heavy atom. The molecule has 0 spiro atoms. The highest BCUT2D eigenvalue weighted by Gasteiger charge is 2.33. The summed E-state index contributed by atoms with van der Waals surface area (Å²) < 4.78 is 48.8. The van der Waals surface area contributed by atoms with Gasteiger partial charge in [0.2, 0.25) is 0 Å². The molecule has 12 heteroatoms. The largest absolute Gasteiger partial charge is 0.483 e. The lowest BCUT2D eigenvalue weighted by molar-refractivity contribution is -0.139. The highest BCUT2D eigenvalue weighted by Crippen LogP contribution is 2.33. The number of amides is 1. The molecule has 1 atom stereocenters. The number of hydrazone groups is 1. The summed E-state index contributed by atoms with van der Waals surface area (Å²) in [7, 11) is 0. The molecular weight excluding hydrogens is 497 g/mol. The number of alkyl halides is 3. The Balaban J connectivity index is 1.67. The molecule has 36 heavy (non-hydrogen) atoms. The lowest BCUT2D eigenvalue weighted by Crippen LogP contribution is -2.45. The third-order valence-corrected chi connectivity index (χ3v) is 5.21. The van der Waals surface area contributed by atoms with Crippen LogP contribution in [0.4, 0.5) is 13.2 Å². The number of carbonyl (C=O) groups excluding carboxylic acids is 2. The van der Waals surface area contributed by atoms with Crippen molar-refractivity contribution in [3.8, 4) is 5.75 Å². The molecule has 1 heterocycles. The molecule has 2 aromatic rings. The Morgan fingerprint density at radius 2 is 1.86 bits per heavy atom. The molecule has 3 rings (SSSR count). The number of allylic oxidation sites excluding steroid dienone is 1. The van der Waals surface area contributed by atoms with Gasteiger partial charge in [-0.3, -0.25) is 4.79 Å². The number of hydrogen-bond acceptors (Lipinski definition) is 6. The summed E-state index contributed by atoms with van der Waals surface area (Å²) in [6, 6.07) is 10.5. The standard InChI is InChI=1S/C24H23F3N4O4S/c1-3-34-22(33)20-14(2)29-23(36)30-21(20)17-6-4-5-7-18(17)35-13-19(32)31-28-12-15-8-10-16(11-9-15)24(25,26)27/h4-12,21H,3,13H2,1-2H3,(H,31,32)(H2,29,30,36)/t21-/m1/s1. The third-order valence-electron chi connectivity index (χ3n) is 4.99. The first-order valence-corrected chi connectivity index (χ1v) is 11.2. The second kappa shape index (κ2) is 11.7. The van der Waals surface area contributed by atoms with Crippen molar-refractivity contribution in [3.63, 3.8) is 0 Å². The van der Waals surface area contributed by atoms with Crippen LogP contribution in [-0.2, 0) is 20.5 Å². The van der Waals surface area contributed by atoms with Crippen molar-refractivity contribution in [3.05, 3.63) is 76.5 Å². The number of halogens is 3. The molecule has 1 aliphatic heterocycles. The Morgan fingerprint density at radius 1 is 1.17 bits per heavy atom. The van der Waals surface area contributed by atoms with E-state index in [9.17, 15) is 22.8 Å². The first kappa shape index (κ1) is 26.7. The zero-order valence-corrected chi connectivity index (χ0v) is 20.1. The summed E-state index contributed by atoms with van der Waals surface area (Å²) in [6.07, 6.45) is -3.22. The lowest BCUT2D eigenvalue weighted by atomic mass is 9.95. The highest BCUT2D eigenvalue weighted by molar-refractivity contribution is 7.80. The molecule has 0 unspecified atom stereocenters. The van der Waals surface area contributed by atoms with Crippen LogP contribution in [0.25, 0.3) is 0 Å². The van der Waals surface area contributed by atoms with Crippen molar-refractivity contribution in [2.24, 2.45) is 5.10 Å². The molecule has 8 nitrogen and oxygen atoms in total. The Labute approximate surface area is 210 Å². The number of nitrogens with zero attached hydrogens (tertiary/aromatic N) is 1. The minimum absolute atomic E-state index is 0.193. The number of benzene rings is 2. The average Bonchev–Trinajstić information content (AvgIpc) is 2.82. The number of esters is 1. The first-order valence-electron chi connectivity index (χ1n) is 10.8. The van der Waals surface area contributed by atoms with Crippen molar-refractivity contribution in [2.45, 2.75) is 26.1 Å². The van der Waals surface area contributed by atoms with Gasteiger partial charge >= 0.3 is 12.1 Å². The average molecular weight is 521 g/mol. The van der Waals surface area contributed by atoms with E-state index in [1.165, 1.54) is 18.3 Å². The molecule has 0 aromatic heterocycles. The van der Waals surface area contributed by atoms with E-state index in [1.54, 1.807) is 38.1 Å². The van der Waals surface area contributed by atoms with Crippen LogP contribution in [0.5, 0.6) is 5.75 Å². The van der Waals surface area contributed by atoms with Crippen molar-refractivity contribution in [1.82, 2.24) is 16.1 Å². The first-order chi connectivity index (χ1) is 17.1. The van der Waals surface area contributed by atoms with E-state index >= 15 is 0 Å². The molecule has 0 saturated carbocycles. The van der Waals surface area contributed by atoms with Gasteiger partial charge in [-0.05, 0) is 49.8 Å². The van der Waals surface area contributed by atoms with Crippen LogP contribution >= 0.6 is 12.2 Å². The van der Waals surface area contributed by atoms with Crippen LogP contribution in [-0.4, -0.2) is 36.4 Å². The zero-order valence-electron chi connectivity index (χ0n) is 19.3. The van der Waals surface area contributed by atoms with Crippen molar-refractivity contribution in [1.29, 1.82) is 0 Å². The van der Waals surface area contributed by atoms with E-state index in [4.69, 9.17) is 21.7 Å². The SMILES string of the molecule is CCOC(=O)C1=C(C)NC(=S)N[C@@H]1c1ccccc1OCC(=O)NN=Cc1ccc(C(F)(F)F)cc1. The maximum Gasteiger partial charge on any atom is 0.416 e. The number of hydrogen-bond donors (Lipinski definition) is 3. The second-order valence-electron chi connectivity index (χ2n) is 7.53. The van der Waals surface area contributed by atoms with Gasteiger partial charge in [-0.25, -0.2) is 10.2 Å². The molecule has 0 aliphatic carbocycles. The highest BCUT2D eigenvalue weighted by atomic mass is 32.1. The van der Waals surface area contributed by atoms with E-state index in [0.29, 0.717) is 33.3 Å². The molecule has 1 aliphatic rings. The van der Waals surface area contributed by atoms with Gasteiger partial charge in [0.1, 0.15) is 5.75 Å². The molecule has 190 valence electrons. The Bertz CT molecular complexity index is 1200. The summed E-state index contributed by atoms with van der Waals surface area (Å²) in [5.41, 5.74) is 3.27. The van der Waals surface area contributed by atoms with Crippen LogP contribution in [0, 0.1) is 0 Å². The molecule has 2 aromatic carbocycles. The maximum absolute atomic E-state index is 12.6. The van der Waals surface area contributed by atoms with Gasteiger partial charge in [-0.2, -0.15) is 18.3 Å². The summed E-state index contributed by atoms with van der Waals surface area (Å²) in [5.74, 6) is -0.789. The second-order valence-corrected chi connectivity index (χ2v) is 7.94. The Hall–Kier alpha value is -3.93. The maximum atomic E-state index is 12.6. The fraction of sp³-hybridized carbons (Fsp3) is 0.250. The summed E-state index contributed by atoms with van der Waals surface area (Å²) in [4.78, 5) is 24.8. The number of carbonyl (C=O) groups is 2. The van der Waals surface area contributed by atoms with Gasteiger partial charge in [0, 0.05) is 11.3 Å². The van der Waals surface area contributed by atoms with Gasteiger partial charge in [0.05, 0.1) is 30.0 Å². The van der Waals surface area contributed by atoms with Gasteiger partial charge in [-0.15, -0.1) is 0 Å². The number of thiocarbonyl (C=S) groups is 1. The lowest BCUT2D eigenvalue weighted by Gasteiger charge is -2.30. The fourth-order valence-electron chi connectivity index (χ4n) is 3.37. The van der Waals surface area contributed by atoms with Crippen molar-refractivity contribution < 1.29 is 32.2 Å². The normalized spacial score (nSPS) is 15.8. The van der Waals surface area contributed by atoms with Gasteiger partial charge in [-0.1, -0.05) is 30.3 Å². The molecule has 0 fully saturated rings. The smallest absolute Gasteiger partial charge is 0.416 e. The van der Waals surface area contributed by atoms with Crippen LogP contribution in [0.3, 0.4) is 0 Å². The molecule has 0 radical (unpaired) electrons. The molecule has 0 saturated heterocycles. The number of ether oxygens (including phenoxy) is 2. The van der Waals surface area contributed by atoms with Crippen LogP contribution in [0.2, 0.25) is 0 Å². The van der Waals surface area contributed by atoms with E-state index < -0.39 is 36.3 Å². The number of para-hydroxylation sites is 1. The van der Waals surface area contributed by atoms with Gasteiger partial charge in [0.15, 0.2) is 11.7 Å². The quantitative estimate of drug-likeness (QED) is 0.212. The third kappa shape index (κ3) is 6.81. The minimum atomic E-state index is -4.43. The molecule has 1 amide bonds. The molecule has 0 bridgehead atoms. The van der Waals surface area contributed by atoms with Crippen LogP contribution in [0.1, 0.15) is 36.6 Å². The topological polar surface area (TPSA) is 101 Å². The van der Waals surface area contributed by atoms with Crippen molar-refractivity contribution >= 4 is 35.4 Å². The summed E-state index contributed by atoms with van der Waals surface area (Å²) in [5, 5.41) is 10.00. The Kier molecular flexibility index (Phi) is 8.64. The van der Waals surface area contributed by atoms with Gasteiger partial charge < -0.3 is 20.1 Å². The van der Waals surface area contributed by atoms with E-state index in [2.05, 4.69) is 21.2 Å².